The summed E-state index contributed by atoms with van der Waals surface area (Å²) in [5.74, 6) is -2.39. The molecule has 0 aliphatic rings. The van der Waals surface area contributed by atoms with E-state index >= 15 is 0 Å². The van der Waals surface area contributed by atoms with Crippen LogP contribution in [0.4, 0.5) is 0 Å². The van der Waals surface area contributed by atoms with Crippen molar-refractivity contribution in [2.24, 2.45) is 5.73 Å². The number of hydrogen-bond donors (Lipinski definition) is 3. The van der Waals surface area contributed by atoms with Crippen LogP contribution in [0.1, 0.15) is 129 Å². The highest BCUT2D eigenvalue weighted by Gasteiger charge is 2.28. The fourth-order valence-corrected chi connectivity index (χ4v) is 4.66. The van der Waals surface area contributed by atoms with Gasteiger partial charge in [-0.25, -0.2) is 4.57 Å². The van der Waals surface area contributed by atoms with Gasteiger partial charge in [0.1, 0.15) is 12.6 Å². The van der Waals surface area contributed by atoms with E-state index in [2.05, 4.69) is 18.4 Å². The zero-order valence-corrected chi connectivity index (χ0v) is 25.6. The molecule has 0 aromatic rings. The maximum absolute atomic E-state index is 12.4. The molecule has 0 saturated heterocycles. The van der Waals surface area contributed by atoms with Crippen molar-refractivity contribution in [1.82, 2.24) is 0 Å². The van der Waals surface area contributed by atoms with Gasteiger partial charge in [0.15, 0.2) is 6.10 Å². The Morgan fingerprint density at radius 2 is 1.10 bits per heavy atom. The quantitative estimate of drug-likeness (QED) is 0.0546. The minimum atomic E-state index is -4.68. The first-order valence-electron chi connectivity index (χ1n) is 15.1. The number of unbranched alkanes of at least 4 members (excludes halogenated alkanes) is 14. The van der Waals surface area contributed by atoms with Gasteiger partial charge in [0.05, 0.1) is 13.2 Å². The van der Waals surface area contributed by atoms with E-state index in [9.17, 15) is 23.8 Å². The van der Waals surface area contributed by atoms with E-state index in [0.717, 1.165) is 38.5 Å². The van der Waals surface area contributed by atoms with Crippen LogP contribution in [0.15, 0.2) is 0 Å². The first-order valence-corrected chi connectivity index (χ1v) is 16.6. The van der Waals surface area contributed by atoms with E-state index in [0.29, 0.717) is 12.8 Å². The molecule has 0 spiro atoms. The van der Waals surface area contributed by atoms with Gasteiger partial charge in [-0.05, 0) is 12.8 Å². The average molecular weight is 596 g/mol. The highest BCUT2D eigenvalue weighted by molar-refractivity contribution is 7.47. The summed E-state index contributed by atoms with van der Waals surface area (Å²) in [5, 5.41) is 8.78. The number of phosphoric ester groups is 1. The number of rotatable bonds is 28. The Hall–Kier alpha value is -1.52. The maximum atomic E-state index is 12.4. The Morgan fingerprint density at radius 3 is 1.57 bits per heavy atom. The predicted octanol–water partition coefficient (Wildman–Crippen LogP) is 6.05. The van der Waals surface area contributed by atoms with Gasteiger partial charge in [0, 0.05) is 12.8 Å². The smallest absolute Gasteiger partial charge is 0.472 e. The van der Waals surface area contributed by atoms with Gasteiger partial charge in [-0.15, -0.1) is 0 Å². The van der Waals surface area contributed by atoms with Crippen LogP contribution in [0.5, 0.6) is 0 Å². The normalized spacial score (nSPS) is 14.3. The van der Waals surface area contributed by atoms with Crippen molar-refractivity contribution >= 4 is 25.7 Å². The zero-order chi connectivity index (χ0) is 30.1. The number of aliphatic carboxylic acids is 1. The van der Waals surface area contributed by atoms with Crippen LogP contribution in [0.25, 0.3) is 0 Å². The van der Waals surface area contributed by atoms with Gasteiger partial charge >= 0.3 is 25.7 Å². The summed E-state index contributed by atoms with van der Waals surface area (Å²) in [6.45, 7) is 2.68. The predicted molar refractivity (Wildman–Crippen MR) is 153 cm³/mol. The van der Waals surface area contributed by atoms with Gasteiger partial charge in [-0.1, -0.05) is 104 Å². The van der Waals surface area contributed by atoms with Crippen LogP contribution in [-0.2, 0) is 37.5 Å². The Labute approximate surface area is 240 Å². The number of carboxylic acid groups (broad SMARTS) is 1. The monoisotopic (exact) mass is 595 g/mol. The Balaban J connectivity index is 4.57. The third kappa shape index (κ3) is 24.3. The molecule has 0 fully saturated rings. The van der Waals surface area contributed by atoms with Crippen molar-refractivity contribution in [3.63, 3.8) is 0 Å². The summed E-state index contributed by atoms with van der Waals surface area (Å²) >= 11 is 0. The van der Waals surface area contributed by atoms with E-state index < -0.39 is 51.1 Å². The second kappa shape index (κ2) is 25.2. The summed E-state index contributed by atoms with van der Waals surface area (Å²) in [4.78, 5) is 45.2. The summed E-state index contributed by atoms with van der Waals surface area (Å²) in [6, 6.07) is -1.51. The Kier molecular flexibility index (Phi) is 24.3. The average Bonchev–Trinajstić information content (AvgIpc) is 2.91. The molecule has 0 amide bonds. The molecule has 40 heavy (non-hydrogen) atoms. The van der Waals surface area contributed by atoms with Crippen molar-refractivity contribution in [3.05, 3.63) is 0 Å². The molecule has 4 N–H and O–H groups in total. The molecule has 12 heteroatoms. The van der Waals surface area contributed by atoms with Crippen LogP contribution in [0.2, 0.25) is 0 Å². The minimum Gasteiger partial charge on any atom is -0.480 e. The van der Waals surface area contributed by atoms with E-state index in [-0.39, 0.29) is 19.4 Å². The highest BCUT2D eigenvalue weighted by Crippen LogP contribution is 2.43. The topological polar surface area (TPSA) is 172 Å². The maximum Gasteiger partial charge on any atom is 0.472 e. The SMILES string of the molecule is CCCCCCCCCCC(=O)OC[C@H](COP(=O)(O)OC[C@H](N)C(=O)O)OC(=O)CCCCCCCCCC. The largest absolute Gasteiger partial charge is 0.480 e. The lowest BCUT2D eigenvalue weighted by atomic mass is 10.1. The van der Waals surface area contributed by atoms with E-state index in [1.807, 2.05) is 0 Å². The minimum absolute atomic E-state index is 0.165. The van der Waals surface area contributed by atoms with Crippen molar-refractivity contribution in [2.45, 2.75) is 142 Å². The molecule has 0 heterocycles. The number of phosphoric acid groups is 1. The molecular formula is C28H54NO10P. The third-order valence-corrected chi connectivity index (χ3v) is 7.31. The third-order valence-electron chi connectivity index (χ3n) is 6.36. The van der Waals surface area contributed by atoms with Gasteiger partial charge in [0.25, 0.3) is 0 Å². The second-order valence-corrected chi connectivity index (χ2v) is 11.7. The van der Waals surface area contributed by atoms with Gasteiger partial charge < -0.3 is 25.2 Å². The molecule has 0 radical (unpaired) electrons. The van der Waals surface area contributed by atoms with Gasteiger partial charge in [0.2, 0.25) is 0 Å². The summed E-state index contributed by atoms with van der Waals surface area (Å²) in [6.07, 6.45) is 16.5. The number of carbonyl (C=O) groups is 3. The van der Waals surface area contributed by atoms with E-state index in [1.54, 1.807) is 0 Å². The van der Waals surface area contributed by atoms with Crippen molar-refractivity contribution in [3.8, 4) is 0 Å². The number of hydrogen-bond acceptors (Lipinski definition) is 9. The Bertz CT molecular complexity index is 721. The fourth-order valence-electron chi connectivity index (χ4n) is 3.89. The molecule has 0 aromatic heterocycles. The number of esters is 2. The summed E-state index contributed by atoms with van der Waals surface area (Å²) in [7, 11) is -4.68. The van der Waals surface area contributed by atoms with Crippen LogP contribution in [0, 0.1) is 0 Å². The fraction of sp³-hybridized carbons (Fsp3) is 0.893. The molecule has 236 valence electrons. The molecule has 0 aliphatic heterocycles. The number of nitrogens with two attached hydrogens (primary N) is 1. The standard InChI is InChI=1S/C28H54NO10P/c1-3-5-7-9-11-13-15-17-19-26(30)36-21-24(22-37-40(34,35)38-23-25(29)28(32)33)39-27(31)20-18-16-14-12-10-8-6-4-2/h24-25H,3-23,29H2,1-2H3,(H,32,33)(H,34,35)/t24-,25+/m1/s1. The van der Waals surface area contributed by atoms with Crippen molar-refractivity contribution < 1.29 is 47.5 Å². The second-order valence-electron chi connectivity index (χ2n) is 10.2. The number of carbonyl (C=O) groups excluding carboxylic acids is 2. The van der Waals surface area contributed by atoms with Crippen molar-refractivity contribution in [2.75, 3.05) is 19.8 Å². The van der Waals surface area contributed by atoms with E-state index in [4.69, 9.17) is 24.8 Å². The van der Waals surface area contributed by atoms with Gasteiger partial charge in [-0.2, -0.15) is 0 Å². The molecule has 0 rings (SSSR count). The molecule has 0 aromatic carbocycles. The Morgan fingerprint density at radius 1 is 0.675 bits per heavy atom. The first-order chi connectivity index (χ1) is 19.1. The van der Waals surface area contributed by atoms with Crippen molar-refractivity contribution in [1.29, 1.82) is 0 Å². The molecule has 3 atom stereocenters. The lowest BCUT2D eigenvalue weighted by Gasteiger charge is -2.20. The van der Waals surface area contributed by atoms with Crippen LogP contribution >= 0.6 is 7.82 Å². The van der Waals surface area contributed by atoms with Crippen LogP contribution < -0.4 is 5.73 Å². The highest BCUT2D eigenvalue weighted by atomic mass is 31.2. The van der Waals surface area contributed by atoms with E-state index in [1.165, 1.54) is 51.4 Å². The molecule has 0 saturated carbocycles. The molecular weight excluding hydrogens is 541 g/mol. The molecule has 1 unspecified atom stereocenters. The molecule has 11 nitrogen and oxygen atoms in total. The zero-order valence-electron chi connectivity index (χ0n) is 24.7. The number of carboxylic acids is 1. The molecule has 0 aliphatic carbocycles. The van der Waals surface area contributed by atoms with Crippen LogP contribution in [-0.4, -0.2) is 59.9 Å². The lowest BCUT2D eigenvalue weighted by Crippen LogP contribution is -2.34. The molecule has 0 bridgehead atoms. The lowest BCUT2D eigenvalue weighted by molar-refractivity contribution is -0.161. The van der Waals surface area contributed by atoms with Gasteiger partial charge in [-0.3, -0.25) is 23.4 Å². The first kappa shape index (κ1) is 38.5. The summed E-state index contributed by atoms with van der Waals surface area (Å²) in [5.41, 5.74) is 5.27. The van der Waals surface area contributed by atoms with Crippen LogP contribution in [0.3, 0.4) is 0 Å². The summed E-state index contributed by atoms with van der Waals surface area (Å²) < 4.78 is 32.2. The number of ether oxygens (including phenoxy) is 2.